The van der Waals surface area contributed by atoms with E-state index in [1.54, 1.807) is 0 Å². The van der Waals surface area contributed by atoms with Gasteiger partial charge in [0.2, 0.25) is 0 Å². The SMILES string of the molecule is CC(F)(F)n1cc[c]n1. The molecular formula is C5H5F2N2. The molecule has 0 unspecified atom stereocenters. The van der Waals surface area contributed by atoms with E-state index in [9.17, 15) is 8.78 Å². The quantitative estimate of drug-likeness (QED) is 0.560. The second kappa shape index (κ2) is 1.79. The molecule has 0 saturated heterocycles. The molecule has 4 heteroatoms. The summed E-state index contributed by atoms with van der Waals surface area (Å²) in [5.41, 5.74) is 0. The fraction of sp³-hybridized carbons (Fsp3) is 0.400. The molecule has 0 aliphatic carbocycles. The molecule has 1 heterocycles. The van der Waals surface area contributed by atoms with Crippen LogP contribution in [0, 0.1) is 6.20 Å². The molecule has 0 spiro atoms. The number of nitrogens with zero attached hydrogens (tertiary/aromatic N) is 2. The minimum absolute atomic E-state index is 0.549. The maximum absolute atomic E-state index is 12.2. The monoisotopic (exact) mass is 131 g/mol. The van der Waals surface area contributed by atoms with E-state index in [2.05, 4.69) is 11.3 Å². The van der Waals surface area contributed by atoms with Gasteiger partial charge in [-0.3, -0.25) is 0 Å². The lowest BCUT2D eigenvalue weighted by Crippen LogP contribution is -2.18. The second-order valence-electron chi connectivity index (χ2n) is 1.73. The van der Waals surface area contributed by atoms with Crippen molar-refractivity contribution < 1.29 is 8.78 Å². The molecule has 1 rings (SSSR count). The molecule has 1 aromatic rings. The van der Waals surface area contributed by atoms with Crippen molar-refractivity contribution in [1.82, 2.24) is 9.78 Å². The Morgan fingerprint density at radius 2 is 2.33 bits per heavy atom. The number of aromatic nitrogens is 2. The van der Waals surface area contributed by atoms with Crippen LogP contribution in [0.5, 0.6) is 0 Å². The largest absolute Gasteiger partial charge is 0.340 e. The highest BCUT2D eigenvalue weighted by Gasteiger charge is 2.22. The third-order valence-electron chi connectivity index (χ3n) is 0.858. The Morgan fingerprint density at radius 3 is 2.56 bits per heavy atom. The van der Waals surface area contributed by atoms with Gasteiger partial charge in [-0.1, -0.05) is 0 Å². The topological polar surface area (TPSA) is 17.8 Å². The van der Waals surface area contributed by atoms with Gasteiger partial charge >= 0.3 is 6.05 Å². The predicted molar refractivity (Wildman–Crippen MR) is 26.9 cm³/mol. The average Bonchev–Trinajstić information content (AvgIpc) is 2.08. The van der Waals surface area contributed by atoms with Crippen LogP contribution < -0.4 is 0 Å². The van der Waals surface area contributed by atoms with Gasteiger partial charge in [0.25, 0.3) is 0 Å². The highest BCUT2D eigenvalue weighted by molar-refractivity contribution is 4.77. The summed E-state index contributed by atoms with van der Waals surface area (Å²) in [5.74, 6) is 0. The van der Waals surface area contributed by atoms with Gasteiger partial charge in [0.1, 0.15) is 6.20 Å². The van der Waals surface area contributed by atoms with Crippen LogP contribution in [0.2, 0.25) is 0 Å². The number of halogens is 2. The molecule has 0 fully saturated rings. The summed E-state index contributed by atoms with van der Waals surface area (Å²) in [5, 5.41) is 3.23. The highest BCUT2D eigenvalue weighted by atomic mass is 19.3. The van der Waals surface area contributed by atoms with Crippen molar-refractivity contribution in [2.24, 2.45) is 0 Å². The first-order valence-electron chi connectivity index (χ1n) is 2.41. The summed E-state index contributed by atoms with van der Waals surface area (Å²) in [4.78, 5) is 0. The Balaban J connectivity index is 2.90. The summed E-state index contributed by atoms with van der Waals surface area (Å²) >= 11 is 0. The van der Waals surface area contributed by atoms with E-state index in [-0.39, 0.29) is 0 Å². The first-order chi connectivity index (χ1) is 4.11. The fourth-order valence-electron chi connectivity index (χ4n) is 0.451. The van der Waals surface area contributed by atoms with E-state index in [0.29, 0.717) is 4.68 Å². The van der Waals surface area contributed by atoms with Gasteiger partial charge in [0, 0.05) is 13.1 Å². The summed E-state index contributed by atoms with van der Waals surface area (Å²) in [7, 11) is 0. The summed E-state index contributed by atoms with van der Waals surface area (Å²) in [6.07, 6.45) is 3.44. The van der Waals surface area contributed by atoms with E-state index < -0.39 is 6.05 Å². The number of rotatable bonds is 1. The molecule has 0 aromatic carbocycles. The molecule has 0 aliphatic heterocycles. The molecule has 9 heavy (non-hydrogen) atoms. The molecule has 1 aromatic heterocycles. The molecular weight excluding hydrogens is 126 g/mol. The molecule has 49 valence electrons. The number of alkyl halides is 2. The van der Waals surface area contributed by atoms with Gasteiger partial charge in [0.05, 0.1) is 0 Å². The van der Waals surface area contributed by atoms with Crippen LogP contribution in [-0.2, 0) is 6.05 Å². The van der Waals surface area contributed by atoms with Crippen molar-refractivity contribution in [3.63, 3.8) is 0 Å². The highest BCUT2D eigenvalue weighted by Crippen LogP contribution is 2.16. The van der Waals surface area contributed by atoms with Crippen LogP contribution in [0.3, 0.4) is 0 Å². The minimum atomic E-state index is -2.90. The number of hydrogen-bond donors (Lipinski definition) is 0. The fourth-order valence-corrected chi connectivity index (χ4v) is 0.451. The first kappa shape index (κ1) is 6.19. The van der Waals surface area contributed by atoms with E-state index in [4.69, 9.17) is 0 Å². The lowest BCUT2D eigenvalue weighted by Gasteiger charge is -2.08. The van der Waals surface area contributed by atoms with Crippen molar-refractivity contribution in [3.8, 4) is 0 Å². The van der Waals surface area contributed by atoms with Crippen molar-refractivity contribution in [1.29, 1.82) is 0 Å². The number of hydrogen-bond acceptors (Lipinski definition) is 1. The van der Waals surface area contributed by atoms with E-state index in [1.165, 1.54) is 12.3 Å². The summed E-state index contributed by atoms with van der Waals surface area (Å²) in [6.45, 7) is 0.772. The summed E-state index contributed by atoms with van der Waals surface area (Å²) in [6, 6.07) is -1.57. The Bertz CT molecular complexity index is 175. The van der Waals surface area contributed by atoms with Crippen molar-refractivity contribution in [3.05, 3.63) is 18.5 Å². The normalized spacial score (nSPS) is 11.9. The maximum Gasteiger partial charge on any atom is 0.340 e. The van der Waals surface area contributed by atoms with Crippen LogP contribution in [0.25, 0.3) is 0 Å². The zero-order chi connectivity index (χ0) is 6.91. The molecule has 0 bridgehead atoms. The molecule has 0 amide bonds. The smallest absolute Gasteiger partial charge is 0.209 e. The van der Waals surface area contributed by atoms with E-state index in [0.717, 1.165) is 6.92 Å². The van der Waals surface area contributed by atoms with Crippen molar-refractivity contribution in [2.45, 2.75) is 13.0 Å². The van der Waals surface area contributed by atoms with Gasteiger partial charge in [-0.15, -0.1) is 0 Å². The van der Waals surface area contributed by atoms with Crippen molar-refractivity contribution >= 4 is 0 Å². The minimum Gasteiger partial charge on any atom is -0.209 e. The molecule has 0 N–H and O–H groups in total. The van der Waals surface area contributed by atoms with Crippen molar-refractivity contribution in [2.75, 3.05) is 0 Å². The molecule has 0 aliphatic rings. The van der Waals surface area contributed by atoms with E-state index in [1.807, 2.05) is 0 Å². The van der Waals surface area contributed by atoms with Gasteiger partial charge in [-0.05, 0) is 6.07 Å². The Labute approximate surface area is 51.1 Å². The van der Waals surface area contributed by atoms with Crippen LogP contribution in [0.1, 0.15) is 6.92 Å². The van der Waals surface area contributed by atoms with E-state index >= 15 is 0 Å². The average molecular weight is 131 g/mol. The molecule has 2 nitrogen and oxygen atoms in total. The Morgan fingerprint density at radius 1 is 1.67 bits per heavy atom. The zero-order valence-corrected chi connectivity index (χ0v) is 4.81. The van der Waals surface area contributed by atoms with Crippen LogP contribution in [-0.4, -0.2) is 9.78 Å². The second-order valence-corrected chi connectivity index (χ2v) is 1.73. The first-order valence-corrected chi connectivity index (χ1v) is 2.41. The van der Waals surface area contributed by atoms with Crippen LogP contribution >= 0.6 is 0 Å². The molecule has 0 saturated carbocycles. The lowest BCUT2D eigenvalue weighted by molar-refractivity contribution is -0.0724. The molecule has 0 atom stereocenters. The third-order valence-corrected chi connectivity index (χ3v) is 0.858. The zero-order valence-electron chi connectivity index (χ0n) is 4.81. The predicted octanol–water partition coefficient (Wildman–Crippen LogP) is 1.25. The van der Waals surface area contributed by atoms with Gasteiger partial charge in [0.15, 0.2) is 0 Å². The Hall–Kier alpha value is -0.930. The Kier molecular flexibility index (Phi) is 1.23. The van der Waals surface area contributed by atoms with Crippen LogP contribution in [0.15, 0.2) is 12.3 Å². The molecule has 1 radical (unpaired) electrons. The maximum atomic E-state index is 12.2. The standard InChI is InChI=1S/C5H5F2N2/c1-5(6,7)9-4-2-3-8-9/h2,4H,1H3. The van der Waals surface area contributed by atoms with Gasteiger partial charge in [-0.25, -0.2) is 4.68 Å². The lowest BCUT2D eigenvalue weighted by atomic mass is 10.6. The summed E-state index contributed by atoms with van der Waals surface area (Å²) < 4.78 is 24.9. The van der Waals surface area contributed by atoms with Gasteiger partial charge in [-0.2, -0.15) is 13.9 Å². The van der Waals surface area contributed by atoms with Gasteiger partial charge < -0.3 is 0 Å². The van der Waals surface area contributed by atoms with Crippen LogP contribution in [0.4, 0.5) is 8.78 Å². The third kappa shape index (κ3) is 1.25.